The molecule has 6 aromatic carbocycles. The summed E-state index contributed by atoms with van der Waals surface area (Å²) in [5, 5.41) is 0. The number of hydrogen-bond donors (Lipinski definition) is 1. The minimum atomic E-state index is -1.74. The van der Waals surface area contributed by atoms with Gasteiger partial charge in [0.1, 0.15) is 0 Å². The van der Waals surface area contributed by atoms with Crippen LogP contribution < -0.4 is 5.79 Å². The SMILES string of the molecule is C=CCCCC1(CCCC=C)c2cc(Br)ccc2-c2ccc(Br)cc21.C=CCCCC1(CCCC=C)c2cc(C)ccc2-c2ccc(-c3ccc(C)s3)cc21.CCCCCCS.CCCCCCSCCCCCC1(CCCCCSCCCCCC)c2cc(C)ccc2-c2ccc(-c3ccc(C)s3)cc21.P.P.[CH3][Sn]([CH3])([CH3])[c]1cc[c]([Sn]([CH3])([CH3])[CH3])s1. The number of unbranched alkanes of at least 4 members (excludes halogenated alkanes) is 17. The first-order chi connectivity index (χ1) is 57.4. The number of thiophene rings is 3. The van der Waals surface area contributed by atoms with Gasteiger partial charge in [-0.15, -0.1) is 49.0 Å². The number of allylic oxidation sites excluding steroid dienone is 4. The van der Waals surface area contributed by atoms with Gasteiger partial charge < -0.3 is 0 Å². The summed E-state index contributed by atoms with van der Waals surface area (Å²) in [5.41, 5.74) is 23.8. The molecule has 3 aromatic heterocycles. The van der Waals surface area contributed by atoms with E-state index in [9.17, 15) is 0 Å². The summed E-state index contributed by atoms with van der Waals surface area (Å²) in [5.74, 6) is 6.44. The van der Waals surface area contributed by atoms with Crippen molar-refractivity contribution >= 4 is 164 Å². The fourth-order valence-electron chi connectivity index (χ4n) is 18.1. The monoisotopic (exact) mass is 2120 g/mol. The van der Waals surface area contributed by atoms with Gasteiger partial charge in [-0.1, -0.05) is 244 Å². The Morgan fingerprint density at radius 2 is 0.620 bits per heavy atom. The number of thiol groups is 1. The summed E-state index contributed by atoms with van der Waals surface area (Å²) in [7, 11) is 0. The van der Waals surface area contributed by atoms with E-state index in [4.69, 9.17) is 0 Å². The van der Waals surface area contributed by atoms with Crippen molar-refractivity contribution in [2.45, 2.75) is 300 Å². The molecule has 9 aromatic rings. The van der Waals surface area contributed by atoms with E-state index < -0.39 is 36.8 Å². The van der Waals surface area contributed by atoms with E-state index in [-0.39, 0.29) is 36.0 Å². The Morgan fingerprint density at radius 1 is 0.331 bits per heavy atom. The van der Waals surface area contributed by atoms with Crippen LogP contribution >= 0.6 is 122 Å². The van der Waals surface area contributed by atoms with Gasteiger partial charge >= 0.3 is 95.6 Å². The second-order valence-electron chi connectivity index (χ2n) is 36.2. The number of fused-ring (bicyclic) bond motifs is 9. The Morgan fingerprint density at radius 3 is 0.909 bits per heavy atom. The Labute approximate surface area is 797 Å². The van der Waals surface area contributed by atoms with Gasteiger partial charge in [-0.2, -0.15) is 56.0 Å². The van der Waals surface area contributed by atoms with Gasteiger partial charge in [-0.05, 0) is 317 Å². The fourth-order valence-corrected chi connectivity index (χ4v) is 36.9. The number of thioether (sulfide) groups is 2. The molecular weight excluding hydrogens is 1960 g/mol. The van der Waals surface area contributed by atoms with Crippen molar-refractivity contribution in [3.05, 3.63) is 259 Å². The van der Waals surface area contributed by atoms with Crippen LogP contribution in [-0.2, 0) is 16.2 Å². The van der Waals surface area contributed by atoms with Crippen LogP contribution in [-0.4, -0.2) is 65.5 Å². The van der Waals surface area contributed by atoms with Gasteiger partial charge in [0.2, 0.25) is 0 Å². The van der Waals surface area contributed by atoms with Crippen LogP contribution in [0, 0.1) is 27.7 Å². The molecule has 0 fully saturated rings. The van der Waals surface area contributed by atoms with Crippen LogP contribution in [0.4, 0.5) is 0 Å². The second-order valence-corrected chi connectivity index (χ2v) is 75.4. The van der Waals surface area contributed by atoms with Gasteiger partial charge in [-0.25, -0.2) is 0 Å². The molecule has 0 radical (unpaired) electrons. The molecule has 121 heavy (non-hydrogen) atoms. The molecule has 2 unspecified atom stereocenters. The minimum absolute atomic E-state index is 0. The van der Waals surface area contributed by atoms with Crippen molar-refractivity contribution in [1.29, 1.82) is 0 Å². The third kappa shape index (κ3) is 31.3. The Kier molecular flexibility index (Phi) is 49.6. The van der Waals surface area contributed by atoms with Crippen molar-refractivity contribution in [3.8, 4) is 54.3 Å². The molecule has 0 N–H and O–H groups in total. The second kappa shape index (κ2) is 55.8. The first-order valence-corrected chi connectivity index (χ1v) is 72.9. The summed E-state index contributed by atoms with van der Waals surface area (Å²) in [6, 6.07) is 56.5. The standard InChI is InChI=1S/C41H60S3.C29H32S.C23H24Br2.C6H14S.C4H2S.6CH3.2H3P.2Sn/c1-5-7-9-15-27-42-29-17-11-13-25-41(26-14-12-18-30-43-28-16-10-8-6-2)38-31-33(3)19-22-36(38)37-23-21-35(32-39(37)41)40-24-20-34(4)44-40;1-5-7-9-17-29(18-10-8-6-2)26-19-21(3)11-14-24(26)25-15-13-23(20-27(25)29)28-16-12-22(4)30-28;1-3-5-7-13-23(14-8-6-4-2)21-15-17(24)9-11-19(21)20-12-10-18(25)16-22(20)23;1-2-3-4-5-6-7;1-2-4-5-3-1;;;;;;;;;;/h19-24,31-32H,5-18,25-30H2,1-4H3;5-6,11-16,19-20H,1-2,7-10,17-18H2,3-4H3;3-4,9-12,15-16H,1-2,5-8,13-14H2;7H,2-6H2,1H3;1-2H;8*1H3;;. The molecule has 3 aliphatic carbocycles. The van der Waals surface area contributed by atoms with Crippen molar-refractivity contribution in [3.63, 3.8) is 0 Å². The maximum absolute atomic E-state index is 4.09. The van der Waals surface area contributed by atoms with E-state index >= 15 is 0 Å². The molecule has 0 saturated heterocycles. The van der Waals surface area contributed by atoms with Gasteiger partial charge in [0, 0.05) is 44.7 Å². The summed E-state index contributed by atoms with van der Waals surface area (Å²) in [4.78, 5) is 20.6. The van der Waals surface area contributed by atoms with Crippen molar-refractivity contribution in [2.24, 2.45) is 0 Å². The third-order valence-electron chi connectivity index (χ3n) is 24.6. The van der Waals surface area contributed by atoms with Crippen LogP contribution in [0.1, 0.15) is 280 Å². The molecule has 0 amide bonds. The summed E-state index contributed by atoms with van der Waals surface area (Å²) >= 11 is 18.4. The van der Waals surface area contributed by atoms with E-state index in [1.54, 1.807) is 16.9 Å². The van der Waals surface area contributed by atoms with Crippen LogP contribution in [0.2, 0.25) is 29.6 Å². The van der Waals surface area contributed by atoms with Crippen molar-refractivity contribution < 1.29 is 0 Å². The normalized spacial score (nSPS) is 13.1. The van der Waals surface area contributed by atoms with Gasteiger partial charge in [0.05, 0.1) is 0 Å². The van der Waals surface area contributed by atoms with Crippen LogP contribution in [0.3, 0.4) is 0 Å². The third-order valence-corrected chi connectivity index (χ3v) is 50.4. The molecule has 660 valence electrons. The molecule has 0 spiro atoms. The number of aryl methyl sites for hydroxylation is 4. The first kappa shape index (κ1) is 108. The van der Waals surface area contributed by atoms with E-state index in [2.05, 4.69) is 342 Å². The van der Waals surface area contributed by atoms with Gasteiger partial charge in [-0.3, -0.25) is 0 Å². The number of rotatable bonds is 46. The van der Waals surface area contributed by atoms with Crippen molar-refractivity contribution in [2.75, 3.05) is 28.8 Å². The van der Waals surface area contributed by atoms with E-state index in [0.717, 1.165) is 66.1 Å². The quantitative estimate of drug-likeness (QED) is 0.0133. The van der Waals surface area contributed by atoms with E-state index in [1.807, 2.05) is 34.8 Å². The molecule has 3 aliphatic rings. The molecule has 0 nitrogen and oxygen atoms in total. The zero-order valence-corrected chi connectivity index (χ0v) is 94.0. The van der Waals surface area contributed by atoms with E-state index in [0.29, 0.717) is 0 Å². The molecular formula is C109H156Br2P2S6Sn2. The summed E-state index contributed by atoms with van der Waals surface area (Å²) < 4.78 is 5.82. The fraction of sp³-hybridized carbons (Fsp3) is 0.486. The van der Waals surface area contributed by atoms with Gasteiger partial charge in [0.15, 0.2) is 0 Å². The molecule has 0 saturated carbocycles. The molecule has 12 heteroatoms. The first-order valence-electron chi connectivity index (χ1n) is 46.0. The number of halogens is 2. The van der Waals surface area contributed by atoms with E-state index in [1.165, 1.54) is 275 Å². The zero-order chi connectivity index (χ0) is 85.9. The van der Waals surface area contributed by atoms with Crippen LogP contribution in [0.5, 0.6) is 0 Å². The average molecular weight is 2120 g/mol. The number of benzene rings is 6. The topological polar surface area (TPSA) is 0 Å². The molecule has 0 bridgehead atoms. The molecule has 12 rings (SSSR count). The molecule has 0 aliphatic heterocycles. The maximum atomic E-state index is 4.09. The van der Waals surface area contributed by atoms with Crippen LogP contribution in [0.25, 0.3) is 54.3 Å². The summed E-state index contributed by atoms with van der Waals surface area (Å²) in [6.07, 6.45) is 49.0. The predicted octanol–water partition coefficient (Wildman–Crippen LogP) is 36.7. The average Bonchev–Trinajstić information content (AvgIpc) is 1.58. The molecule has 3 heterocycles. The van der Waals surface area contributed by atoms with Crippen LogP contribution in [0.15, 0.2) is 205 Å². The van der Waals surface area contributed by atoms with Crippen molar-refractivity contribution in [1.82, 2.24) is 0 Å². The molecule has 2 atom stereocenters. The zero-order valence-electron chi connectivity index (χ0n) is 77.3. The van der Waals surface area contributed by atoms with Gasteiger partial charge in [0.25, 0.3) is 0 Å². The number of hydrogen-bond acceptors (Lipinski definition) is 6. The Balaban J connectivity index is 0.000000257. The summed E-state index contributed by atoms with van der Waals surface area (Å²) in [6.45, 7) is 31.5. The Bertz CT molecular complexity index is 4440. The predicted molar refractivity (Wildman–Crippen MR) is 585 cm³/mol. The Hall–Kier alpha value is -2.15.